The van der Waals surface area contributed by atoms with Crippen molar-refractivity contribution >= 4 is 11.9 Å². The van der Waals surface area contributed by atoms with Gasteiger partial charge in [-0.1, -0.05) is 53.2 Å². The van der Waals surface area contributed by atoms with Gasteiger partial charge in [0.25, 0.3) is 0 Å². The second-order valence-electron chi connectivity index (χ2n) is 20.5. The summed E-state index contributed by atoms with van der Waals surface area (Å²) in [5.74, 6) is -2.09. The zero-order valence-electron chi connectivity index (χ0n) is 34.1. The molecule has 324 valence electrons. The van der Waals surface area contributed by atoms with Crippen LogP contribution in [0.3, 0.4) is 0 Å². The van der Waals surface area contributed by atoms with E-state index in [1.807, 2.05) is 6.92 Å². The zero-order valence-corrected chi connectivity index (χ0v) is 34.1. The molecule has 7 rings (SSSR count). The Morgan fingerprint density at radius 1 is 0.754 bits per heavy atom. The molecule has 7 aliphatic rings. The zero-order chi connectivity index (χ0) is 41.8. The Kier molecular flexibility index (Phi) is 11.2. The van der Waals surface area contributed by atoms with Gasteiger partial charge in [-0.25, -0.2) is 4.79 Å². The lowest BCUT2D eigenvalue weighted by Gasteiger charge is -2.71. The number of ether oxygens (including phenoxy) is 4. The van der Waals surface area contributed by atoms with Crippen molar-refractivity contribution in [1.82, 2.24) is 0 Å². The SMILES string of the molecule is CC1(C)CC[C@@]2(C(=O)O)CC[C@]3(C)C(=CC[C@@H]4[C@@]5(C)CC[C@H](O[C@@H]6O[C@H](C(=O)O)[C@@H](O)[C@H](O[C@@H]7O[C@H](CO)[C@H](O)[C@H](O)[C@H]7O)[C@H]6O)[C@@](C)(CO)[C@@H]5CC[C@]43C)[C@@H]2C1. The van der Waals surface area contributed by atoms with Gasteiger partial charge in [-0.05, 0) is 104 Å². The third kappa shape index (κ3) is 6.39. The fraction of sp³-hybridized carbons (Fsp3) is 0.905. The van der Waals surface area contributed by atoms with Crippen LogP contribution in [0.1, 0.15) is 106 Å². The summed E-state index contributed by atoms with van der Waals surface area (Å²) in [7, 11) is 0. The first-order chi connectivity index (χ1) is 26.5. The summed E-state index contributed by atoms with van der Waals surface area (Å²) < 4.78 is 23.3. The predicted molar refractivity (Wildman–Crippen MR) is 200 cm³/mol. The van der Waals surface area contributed by atoms with Gasteiger partial charge in [0.1, 0.15) is 42.7 Å². The molecular weight excluding hydrogens is 744 g/mol. The highest BCUT2D eigenvalue weighted by Gasteiger charge is 2.70. The Labute approximate surface area is 334 Å². The molecule has 2 saturated heterocycles. The molecule has 2 aliphatic heterocycles. The molecule has 0 unspecified atom stereocenters. The van der Waals surface area contributed by atoms with Gasteiger partial charge in [0.15, 0.2) is 18.7 Å². The van der Waals surface area contributed by atoms with E-state index in [4.69, 9.17) is 18.9 Å². The number of hydrogen-bond acceptors (Lipinski definition) is 13. The van der Waals surface area contributed by atoms with Crippen molar-refractivity contribution in [2.24, 2.45) is 50.2 Å². The van der Waals surface area contributed by atoms with Crippen LogP contribution in [0, 0.1) is 50.2 Å². The molecule has 0 aromatic carbocycles. The maximum Gasteiger partial charge on any atom is 0.335 e. The van der Waals surface area contributed by atoms with Crippen molar-refractivity contribution in [1.29, 1.82) is 0 Å². The van der Waals surface area contributed by atoms with Gasteiger partial charge in [-0.3, -0.25) is 4.79 Å². The molecule has 9 N–H and O–H groups in total. The number of rotatable bonds is 8. The minimum Gasteiger partial charge on any atom is -0.481 e. The van der Waals surface area contributed by atoms with Gasteiger partial charge in [-0.15, -0.1) is 0 Å². The smallest absolute Gasteiger partial charge is 0.335 e. The number of allylic oxidation sites excluding steroid dienone is 2. The average molecular weight is 811 g/mol. The van der Waals surface area contributed by atoms with Crippen LogP contribution in [0.25, 0.3) is 0 Å². The quantitative estimate of drug-likeness (QED) is 0.126. The molecule has 0 aromatic rings. The van der Waals surface area contributed by atoms with Crippen molar-refractivity contribution in [2.45, 2.75) is 173 Å². The normalized spacial score (nSPS) is 53.3. The molecule has 0 aromatic heterocycles. The Morgan fingerprint density at radius 3 is 2.05 bits per heavy atom. The first-order valence-electron chi connectivity index (χ1n) is 21.0. The molecule has 2 heterocycles. The van der Waals surface area contributed by atoms with Crippen LogP contribution >= 0.6 is 0 Å². The number of aliphatic hydroxyl groups is 7. The van der Waals surface area contributed by atoms with Crippen LogP contribution in [0.4, 0.5) is 0 Å². The average Bonchev–Trinajstić information content (AvgIpc) is 3.15. The Balaban J connectivity index is 1.15. The minimum atomic E-state index is -1.98. The molecule has 15 nitrogen and oxygen atoms in total. The summed E-state index contributed by atoms with van der Waals surface area (Å²) in [5.41, 5.74) is -0.836. The highest BCUT2D eigenvalue weighted by Crippen LogP contribution is 2.76. The maximum atomic E-state index is 13.1. The lowest BCUT2D eigenvalue weighted by atomic mass is 9.33. The third-order valence-electron chi connectivity index (χ3n) is 17.4. The van der Waals surface area contributed by atoms with Crippen molar-refractivity contribution in [2.75, 3.05) is 13.2 Å². The van der Waals surface area contributed by atoms with E-state index in [-0.39, 0.29) is 46.0 Å². The van der Waals surface area contributed by atoms with Crippen LogP contribution in [0.5, 0.6) is 0 Å². The van der Waals surface area contributed by atoms with Gasteiger partial charge in [0, 0.05) is 5.41 Å². The lowest BCUT2D eigenvalue weighted by Crippen LogP contribution is -2.68. The Morgan fingerprint density at radius 2 is 1.42 bits per heavy atom. The lowest BCUT2D eigenvalue weighted by molar-refractivity contribution is -0.366. The predicted octanol–water partition coefficient (Wildman–Crippen LogP) is 1.95. The molecule has 19 atom stereocenters. The first kappa shape index (κ1) is 43.3. The second kappa shape index (κ2) is 14.7. The first-order valence-corrected chi connectivity index (χ1v) is 21.0. The van der Waals surface area contributed by atoms with Crippen LogP contribution in [-0.4, -0.2) is 139 Å². The minimum absolute atomic E-state index is 0.0174. The monoisotopic (exact) mass is 810 g/mol. The van der Waals surface area contributed by atoms with E-state index in [0.29, 0.717) is 25.7 Å². The maximum absolute atomic E-state index is 13.1. The van der Waals surface area contributed by atoms with Crippen LogP contribution in [0.15, 0.2) is 11.6 Å². The van der Waals surface area contributed by atoms with Crippen molar-refractivity contribution in [3.05, 3.63) is 11.6 Å². The molecule has 57 heavy (non-hydrogen) atoms. The third-order valence-corrected chi connectivity index (χ3v) is 17.4. The number of aliphatic carboxylic acids is 2. The van der Waals surface area contributed by atoms with E-state index < -0.39 is 96.9 Å². The number of fused-ring (bicyclic) bond motifs is 7. The van der Waals surface area contributed by atoms with Gasteiger partial charge in [-0.2, -0.15) is 0 Å². The standard InChI is InChI=1S/C42H66O15/c1-37(2)13-15-42(36(52)53)16-14-40(5)20(21(42)17-37)7-8-24-38(3)11-10-25(39(4,19-44)23(38)9-12-41(24,40)6)55-35-30(49)31(29(48)32(57-35)33(50)51)56-34-28(47)27(46)26(45)22(18-43)54-34/h7,21-32,34-35,43-49H,8-19H2,1-6H3,(H,50,51)(H,52,53)/t21-,22+,23+,24+,25-,26-,27-,28+,29-,30+,31-,32-,34-,35+,38-,39-,40+,41+,42+/m0/s1. The van der Waals surface area contributed by atoms with E-state index in [1.165, 1.54) is 5.57 Å². The second-order valence-corrected chi connectivity index (χ2v) is 20.5. The van der Waals surface area contributed by atoms with E-state index in [0.717, 1.165) is 38.5 Å². The van der Waals surface area contributed by atoms with Gasteiger partial charge < -0.3 is 64.9 Å². The van der Waals surface area contributed by atoms with E-state index in [9.17, 15) is 55.5 Å². The molecule has 4 saturated carbocycles. The van der Waals surface area contributed by atoms with Crippen molar-refractivity contribution < 1.29 is 74.5 Å². The number of carboxylic acids is 2. The van der Waals surface area contributed by atoms with Crippen LogP contribution in [0.2, 0.25) is 0 Å². The molecule has 6 fully saturated rings. The van der Waals surface area contributed by atoms with Gasteiger partial charge >= 0.3 is 11.9 Å². The molecule has 0 bridgehead atoms. The molecule has 0 amide bonds. The molecule has 5 aliphatic carbocycles. The summed E-state index contributed by atoms with van der Waals surface area (Å²) in [6, 6.07) is 0. The fourth-order valence-electron chi connectivity index (χ4n) is 13.7. The van der Waals surface area contributed by atoms with E-state index in [1.54, 1.807) is 0 Å². The number of hydrogen-bond donors (Lipinski definition) is 9. The van der Waals surface area contributed by atoms with Gasteiger partial charge in [0.2, 0.25) is 0 Å². The summed E-state index contributed by atoms with van der Waals surface area (Å²) in [6.45, 7) is 12.6. The van der Waals surface area contributed by atoms with Gasteiger partial charge in [0.05, 0.1) is 24.7 Å². The molecule has 0 spiro atoms. The topological polar surface area (TPSA) is 253 Å². The van der Waals surface area contributed by atoms with E-state index >= 15 is 0 Å². The molecule has 0 radical (unpaired) electrons. The van der Waals surface area contributed by atoms with Crippen molar-refractivity contribution in [3.63, 3.8) is 0 Å². The van der Waals surface area contributed by atoms with E-state index in [2.05, 4.69) is 40.7 Å². The summed E-state index contributed by atoms with van der Waals surface area (Å²) in [5, 5.41) is 95.4. The largest absolute Gasteiger partial charge is 0.481 e. The summed E-state index contributed by atoms with van der Waals surface area (Å²) in [4.78, 5) is 25.4. The number of aliphatic hydroxyl groups excluding tert-OH is 7. The fourth-order valence-corrected chi connectivity index (χ4v) is 13.7. The highest BCUT2D eigenvalue weighted by molar-refractivity contribution is 5.76. The summed E-state index contributed by atoms with van der Waals surface area (Å²) in [6.07, 6.45) is -8.58. The number of carbonyl (C=O) groups is 2. The van der Waals surface area contributed by atoms with Crippen LogP contribution in [-0.2, 0) is 28.5 Å². The van der Waals surface area contributed by atoms with Crippen LogP contribution < -0.4 is 0 Å². The highest BCUT2D eigenvalue weighted by atomic mass is 16.7. The van der Waals surface area contributed by atoms with Crippen molar-refractivity contribution in [3.8, 4) is 0 Å². The molecular formula is C42H66O15. The number of carboxylic acid groups (broad SMARTS) is 2. The Bertz CT molecular complexity index is 1590. The molecule has 15 heteroatoms. The summed E-state index contributed by atoms with van der Waals surface area (Å²) >= 11 is 0. The Hall–Kier alpha value is -1.76.